The Kier molecular flexibility index (Phi) is 14.8. The van der Waals surface area contributed by atoms with Crippen LogP contribution < -0.4 is 0 Å². The predicted molar refractivity (Wildman–Crippen MR) is 62.8 cm³/mol. The second-order valence-electron chi connectivity index (χ2n) is 3.37. The summed E-state index contributed by atoms with van der Waals surface area (Å²) in [4.78, 5) is 0. The zero-order valence-electron chi connectivity index (χ0n) is 8.36. The summed E-state index contributed by atoms with van der Waals surface area (Å²) in [6.45, 7) is 5.97. The Morgan fingerprint density at radius 2 is 1.69 bits per heavy atom. The number of hydrogen-bond acceptors (Lipinski definition) is 1. The van der Waals surface area contributed by atoms with E-state index >= 15 is 0 Å². The molecule has 1 N–H and O–H groups in total. The molecule has 0 saturated carbocycles. The third-order valence-electron chi connectivity index (χ3n) is 2.06. The van der Waals surface area contributed by atoms with Gasteiger partial charge >= 0.3 is 18.9 Å². The maximum atomic E-state index is 7.53. The van der Waals surface area contributed by atoms with Gasteiger partial charge in [-0.2, -0.15) is 0 Å². The van der Waals surface area contributed by atoms with Crippen molar-refractivity contribution < 1.29 is 0 Å². The fourth-order valence-electron chi connectivity index (χ4n) is 1.28. The predicted octanol–water partition coefficient (Wildman–Crippen LogP) is 3.33. The van der Waals surface area contributed by atoms with Crippen LogP contribution in [-0.4, -0.2) is 24.6 Å². The Morgan fingerprint density at radius 3 is 2.23 bits per heavy atom. The standard InChI is InChI=1S/C11H22N.Li.H/c1-3-5-6-7-8-10-11(12)9-4-2;;/h12H,2-10H2,1H3;;. The fraction of sp³-hybridized carbons (Fsp3) is 0.818. The summed E-state index contributed by atoms with van der Waals surface area (Å²) >= 11 is 0. The van der Waals surface area contributed by atoms with Gasteiger partial charge in [0.15, 0.2) is 0 Å². The van der Waals surface area contributed by atoms with Crippen LogP contribution >= 0.6 is 0 Å². The molecule has 0 aliphatic heterocycles. The summed E-state index contributed by atoms with van der Waals surface area (Å²) in [6, 6.07) is 0. The monoisotopic (exact) mass is 176 g/mol. The third-order valence-corrected chi connectivity index (χ3v) is 2.06. The van der Waals surface area contributed by atoms with Crippen LogP contribution in [0.5, 0.6) is 0 Å². The molecule has 0 saturated heterocycles. The van der Waals surface area contributed by atoms with Gasteiger partial charge in [0, 0.05) is 5.71 Å². The van der Waals surface area contributed by atoms with Gasteiger partial charge in [-0.15, -0.1) is 0 Å². The molecule has 13 heavy (non-hydrogen) atoms. The van der Waals surface area contributed by atoms with Crippen LogP contribution in [0, 0.1) is 12.3 Å². The molecule has 0 atom stereocenters. The fourth-order valence-corrected chi connectivity index (χ4v) is 1.28. The first kappa shape index (κ1) is 15.7. The van der Waals surface area contributed by atoms with E-state index in [9.17, 15) is 0 Å². The molecule has 1 nitrogen and oxygen atoms in total. The number of hydrogen-bond donors (Lipinski definition) is 1. The van der Waals surface area contributed by atoms with Crippen LogP contribution in [0.4, 0.5) is 0 Å². The zero-order chi connectivity index (χ0) is 9.23. The van der Waals surface area contributed by atoms with Crippen molar-refractivity contribution in [2.45, 2.75) is 58.3 Å². The maximum absolute atomic E-state index is 7.53. The number of rotatable bonds is 8. The molecule has 0 aromatic heterocycles. The second kappa shape index (κ2) is 12.3. The van der Waals surface area contributed by atoms with Gasteiger partial charge in [-0.05, 0) is 25.7 Å². The molecule has 0 rings (SSSR count). The van der Waals surface area contributed by atoms with Gasteiger partial charge in [-0.25, -0.2) is 0 Å². The van der Waals surface area contributed by atoms with E-state index in [1.54, 1.807) is 0 Å². The van der Waals surface area contributed by atoms with Gasteiger partial charge in [0.2, 0.25) is 0 Å². The molecule has 0 aliphatic carbocycles. The van der Waals surface area contributed by atoms with E-state index < -0.39 is 0 Å². The quantitative estimate of drug-likeness (QED) is 0.333. The summed E-state index contributed by atoms with van der Waals surface area (Å²) in [5, 5.41) is 7.53. The van der Waals surface area contributed by atoms with E-state index in [1.165, 1.54) is 32.1 Å². The molecule has 1 radical (unpaired) electrons. The first-order valence-electron chi connectivity index (χ1n) is 5.16. The first-order chi connectivity index (χ1) is 5.81. The second-order valence-corrected chi connectivity index (χ2v) is 3.37. The van der Waals surface area contributed by atoms with Crippen LogP contribution in [0.15, 0.2) is 0 Å². The summed E-state index contributed by atoms with van der Waals surface area (Å²) < 4.78 is 0. The van der Waals surface area contributed by atoms with Crippen LogP contribution in [0.25, 0.3) is 0 Å². The van der Waals surface area contributed by atoms with Gasteiger partial charge < -0.3 is 5.41 Å². The molecular formula is C11H23LiN. The van der Waals surface area contributed by atoms with Gasteiger partial charge in [0.05, 0.1) is 0 Å². The van der Waals surface area contributed by atoms with Crippen molar-refractivity contribution in [2.75, 3.05) is 0 Å². The third kappa shape index (κ3) is 12.3. The topological polar surface area (TPSA) is 23.9 Å². The van der Waals surface area contributed by atoms with E-state index in [0.29, 0.717) is 0 Å². The summed E-state index contributed by atoms with van der Waals surface area (Å²) in [5.74, 6) is 0. The SMILES string of the molecule is [CH2]CCC(=N)CCCCCCC.[LiH]. The molecule has 0 amide bonds. The first-order valence-corrected chi connectivity index (χ1v) is 5.16. The average Bonchev–Trinajstić information content (AvgIpc) is 2.05. The molecule has 0 bridgehead atoms. The minimum atomic E-state index is 0. The van der Waals surface area contributed by atoms with E-state index in [1.807, 2.05) is 0 Å². The molecular weight excluding hydrogens is 153 g/mol. The molecule has 73 valence electrons. The molecule has 2 heteroatoms. The van der Waals surface area contributed by atoms with Crippen molar-refractivity contribution in [3.63, 3.8) is 0 Å². The summed E-state index contributed by atoms with van der Waals surface area (Å²) in [5.41, 5.74) is 0.890. The van der Waals surface area contributed by atoms with Gasteiger partial charge in [0.25, 0.3) is 0 Å². The van der Waals surface area contributed by atoms with E-state index in [0.717, 1.165) is 25.0 Å². The Morgan fingerprint density at radius 1 is 1.08 bits per heavy atom. The Labute approximate surface area is 95.4 Å². The molecule has 0 unspecified atom stereocenters. The Hall–Kier alpha value is 0.267. The van der Waals surface area contributed by atoms with Gasteiger partial charge in [-0.3, -0.25) is 0 Å². The van der Waals surface area contributed by atoms with Gasteiger partial charge in [0.1, 0.15) is 0 Å². The molecule has 0 aromatic carbocycles. The van der Waals surface area contributed by atoms with Gasteiger partial charge in [-0.1, -0.05) is 39.5 Å². The summed E-state index contributed by atoms with van der Waals surface area (Å²) in [7, 11) is 0. The Balaban J connectivity index is 0. The van der Waals surface area contributed by atoms with Crippen LogP contribution in [0.1, 0.15) is 58.3 Å². The molecule has 0 heterocycles. The van der Waals surface area contributed by atoms with E-state index in [4.69, 9.17) is 5.41 Å². The van der Waals surface area contributed by atoms with Crippen molar-refractivity contribution in [1.82, 2.24) is 0 Å². The van der Waals surface area contributed by atoms with E-state index in [2.05, 4.69) is 13.8 Å². The molecule has 0 fully saturated rings. The van der Waals surface area contributed by atoms with Crippen molar-refractivity contribution in [3.05, 3.63) is 6.92 Å². The Bertz CT molecular complexity index is 113. The van der Waals surface area contributed by atoms with E-state index in [-0.39, 0.29) is 18.9 Å². The van der Waals surface area contributed by atoms with Crippen LogP contribution in [0.2, 0.25) is 0 Å². The number of unbranched alkanes of at least 4 members (excludes halogenated alkanes) is 4. The molecule has 0 aliphatic rings. The van der Waals surface area contributed by atoms with Crippen LogP contribution in [-0.2, 0) is 0 Å². The van der Waals surface area contributed by atoms with Crippen molar-refractivity contribution >= 4 is 24.6 Å². The normalized spacial score (nSPS) is 9.38. The zero-order valence-corrected chi connectivity index (χ0v) is 8.36. The summed E-state index contributed by atoms with van der Waals surface area (Å²) in [6.07, 6.45) is 9.28. The minimum absolute atomic E-state index is 0. The molecule has 0 spiro atoms. The average molecular weight is 176 g/mol. The van der Waals surface area contributed by atoms with Crippen molar-refractivity contribution in [3.8, 4) is 0 Å². The number of nitrogens with one attached hydrogen (secondary N) is 1. The molecule has 0 aromatic rings. The van der Waals surface area contributed by atoms with Crippen molar-refractivity contribution in [2.24, 2.45) is 0 Å². The van der Waals surface area contributed by atoms with Crippen LogP contribution in [0.3, 0.4) is 0 Å². The van der Waals surface area contributed by atoms with Crippen molar-refractivity contribution in [1.29, 1.82) is 5.41 Å².